The van der Waals surface area contributed by atoms with Crippen molar-refractivity contribution >= 4 is 17.7 Å². The third-order valence-electron chi connectivity index (χ3n) is 4.35. The van der Waals surface area contributed by atoms with Crippen LogP contribution in [0.4, 0.5) is 0 Å². The lowest BCUT2D eigenvalue weighted by Crippen LogP contribution is -2.33. The van der Waals surface area contributed by atoms with Gasteiger partial charge in [0.25, 0.3) is 5.56 Å². The van der Waals surface area contributed by atoms with E-state index in [9.17, 15) is 4.79 Å². The average Bonchev–Trinajstić information content (AvgIpc) is 2.54. The second kappa shape index (κ2) is 6.57. The van der Waals surface area contributed by atoms with Crippen molar-refractivity contribution in [3.05, 3.63) is 68.6 Å². The Balaban J connectivity index is 2.15. The van der Waals surface area contributed by atoms with E-state index < -0.39 is 5.60 Å². The van der Waals surface area contributed by atoms with Gasteiger partial charge in [-0.1, -0.05) is 53.1 Å². The van der Waals surface area contributed by atoms with Crippen molar-refractivity contribution in [2.75, 3.05) is 0 Å². The quantitative estimate of drug-likeness (QED) is 0.581. The van der Waals surface area contributed by atoms with Gasteiger partial charge in [0.2, 0.25) is 0 Å². The van der Waals surface area contributed by atoms with E-state index in [0.717, 1.165) is 23.1 Å². The summed E-state index contributed by atoms with van der Waals surface area (Å²) in [5.41, 5.74) is 3.79. The Hall–Kier alpha value is -2.26. The zero-order valence-electron chi connectivity index (χ0n) is 14.9. The Morgan fingerprint density at radius 3 is 2.60 bits per heavy atom. The predicted molar refractivity (Wildman–Crippen MR) is 104 cm³/mol. The van der Waals surface area contributed by atoms with Crippen molar-refractivity contribution in [1.82, 2.24) is 4.98 Å². The van der Waals surface area contributed by atoms with Crippen LogP contribution in [0, 0.1) is 6.92 Å². The minimum absolute atomic E-state index is 0.239. The number of H-pyrrole nitrogens is 1. The average molecular weight is 356 g/mol. The molecule has 3 rings (SSSR count). The molecule has 2 heterocycles. The van der Waals surface area contributed by atoms with Crippen LogP contribution in [0.15, 0.2) is 46.8 Å². The van der Waals surface area contributed by atoms with Gasteiger partial charge in [0.05, 0.1) is 11.1 Å². The summed E-state index contributed by atoms with van der Waals surface area (Å²) in [5, 5.41) is 0.299. The summed E-state index contributed by atoms with van der Waals surface area (Å²) in [6.07, 6.45) is 6.64. The Bertz CT molecular complexity index is 918. The summed E-state index contributed by atoms with van der Waals surface area (Å²) < 4.78 is 6.31. The highest BCUT2D eigenvalue weighted by atomic mass is 35.5. The largest absolute Gasteiger partial charge is 0.482 e. The fraction of sp³-hybridized carbons (Fsp3) is 0.286. The first-order valence-electron chi connectivity index (χ1n) is 8.33. The molecule has 0 saturated carbocycles. The number of fused-ring (bicyclic) bond motifs is 1. The first kappa shape index (κ1) is 17.6. The summed E-state index contributed by atoms with van der Waals surface area (Å²) in [7, 11) is 0. The van der Waals surface area contributed by atoms with Crippen LogP contribution >= 0.6 is 11.6 Å². The molecule has 0 fully saturated rings. The first-order valence-corrected chi connectivity index (χ1v) is 8.71. The molecule has 25 heavy (non-hydrogen) atoms. The smallest absolute Gasteiger partial charge is 0.260 e. The maximum atomic E-state index is 12.3. The van der Waals surface area contributed by atoms with Gasteiger partial charge >= 0.3 is 0 Å². The molecule has 0 saturated heterocycles. The van der Waals surface area contributed by atoms with Crippen molar-refractivity contribution in [3.8, 4) is 16.9 Å². The number of ether oxygens (including phenoxy) is 1. The molecule has 1 aromatic carbocycles. The van der Waals surface area contributed by atoms with Crippen LogP contribution < -0.4 is 10.3 Å². The van der Waals surface area contributed by atoms with Crippen molar-refractivity contribution < 1.29 is 4.74 Å². The SMILES string of the molecule is CC(C)=CCC1(C)C=Cc2c(c(-c3ccc(C)cc3)c(Cl)[nH]c2=O)O1. The van der Waals surface area contributed by atoms with Gasteiger partial charge in [-0.3, -0.25) is 4.79 Å². The molecule has 1 N–H and O–H groups in total. The van der Waals surface area contributed by atoms with E-state index >= 15 is 0 Å². The molecule has 4 heteroatoms. The fourth-order valence-corrected chi connectivity index (χ4v) is 3.13. The number of hydrogen-bond donors (Lipinski definition) is 1. The topological polar surface area (TPSA) is 42.1 Å². The van der Waals surface area contributed by atoms with Crippen molar-refractivity contribution in [3.63, 3.8) is 0 Å². The molecule has 1 aliphatic heterocycles. The first-order chi connectivity index (χ1) is 11.8. The van der Waals surface area contributed by atoms with E-state index in [2.05, 4.69) is 24.9 Å². The lowest BCUT2D eigenvalue weighted by molar-refractivity contribution is 0.141. The number of allylic oxidation sites excluding steroid dienone is 1. The van der Waals surface area contributed by atoms with Crippen molar-refractivity contribution in [1.29, 1.82) is 0 Å². The molecule has 1 aromatic heterocycles. The van der Waals surface area contributed by atoms with Gasteiger partial charge < -0.3 is 9.72 Å². The molecule has 130 valence electrons. The Morgan fingerprint density at radius 2 is 1.96 bits per heavy atom. The molecule has 0 radical (unpaired) electrons. The van der Waals surface area contributed by atoms with Crippen LogP contribution in [0.5, 0.6) is 5.75 Å². The Kier molecular flexibility index (Phi) is 4.61. The third kappa shape index (κ3) is 3.57. The van der Waals surface area contributed by atoms with Gasteiger partial charge in [-0.2, -0.15) is 0 Å². The molecule has 1 aliphatic rings. The molecule has 0 spiro atoms. The lowest BCUT2D eigenvalue weighted by Gasteiger charge is -2.32. The number of benzene rings is 1. The highest BCUT2D eigenvalue weighted by Gasteiger charge is 2.31. The molecule has 0 aliphatic carbocycles. The van der Waals surface area contributed by atoms with Crippen LogP contribution in [0.1, 0.15) is 38.3 Å². The zero-order valence-corrected chi connectivity index (χ0v) is 15.7. The number of pyridine rings is 1. The summed E-state index contributed by atoms with van der Waals surface area (Å²) in [4.78, 5) is 15.0. The second-order valence-corrected chi connectivity index (χ2v) is 7.36. The van der Waals surface area contributed by atoms with Crippen LogP contribution in [-0.2, 0) is 0 Å². The van der Waals surface area contributed by atoms with E-state index in [1.54, 1.807) is 0 Å². The van der Waals surface area contributed by atoms with Gasteiger partial charge in [0.15, 0.2) is 0 Å². The maximum Gasteiger partial charge on any atom is 0.260 e. The minimum Gasteiger partial charge on any atom is -0.482 e. The molecule has 0 bridgehead atoms. The van der Waals surface area contributed by atoms with Crippen molar-refractivity contribution in [2.45, 2.75) is 39.7 Å². The van der Waals surface area contributed by atoms with Gasteiger partial charge in [-0.15, -0.1) is 0 Å². The Labute approximate surface area is 153 Å². The summed E-state index contributed by atoms with van der Waals surface area (Å²) in [5.74, 6) is 0.546. The predicted octanol–water partition coefficient (Wildman–Crippen LogP) is 5.52. The zero-order chi connectivity index (χ0) is 18.2. The summed E-state index contributed by atoms with van der Waals surface area (Å²) in [6, 6.07) is 8.02. The van der Waals surface area contributed by atoms with Crippen LogP contribution in [0.2, 0.25) is 5.15 Å². The molecular formula is C21H22ClNO2. The van der Waals surface area contributed by atoms with Gasteiger partial charge in [0.1, 0.15) is 16.5 Å². The Morgan fingerprint density at radius 1 is 1.28 bits per heavy atom. The maximum absolute atomic E-state index is 12.3. The number of hydrogen-bond acceptors (Lipinski definition) is 2. The third-order valence-corrected chi connectivity index (χ3v) is 4.64. The number of rotatable bonds is 3. The monoisotopic (exact) mass is 355 g/mol. The number of aromatic amines is 1. The lowest BCUT2D eigenvalue weighted by atomic mass is 9.94. The molecule has 1 unspecified atom stereocenters. The summed E-state index contributed by atoms with van der Waals surface area (Å²) >= 11 is 6.39. The number of aryl methyl sites for hydroxylation is 1. The fourth-order valence-electron chi connectivity index (χ4n) is 2.85. The van der Waals surface area contributed by atoms with Gasteiger partial charge in [0, 0.05) is 6.42 Å². The van der Waals surface area contributed by atoms with Crippen molar-refractivity contribution in [2.24, 2.45) is 0 Å². The molecule has 1 atom stereocenters. The van der Waals surface area contributed by atoms with E-state index in [1.165, 1.54) is 5.57 Å². The minimum atomic E-state index is -0.513. The molecule has 2 aromatic rings. The van der Waals surface area contributed by atoms with Crippen LogP contribution in [0.3, 0.4) is 0 Å². The number of nitrogens with one attached hydrogen (secondary N) is 1. The highest BCUT2D eigenvalue weighted by molar-refractivity contribution is 6.32. The molecule has 3 nitrogen and oxygen atoms in total. The standard InChI is InChI=1S/C21H22ClNO2/c1-13(2)9-11-21(4)12-10-16-18(25-21)17(19(22)23-20(16)24)15-7-5-14(3)6-8-15/h5-10,12H,11H2,1-4H3,(H,23,24). The van der Waals surface area contributed by atoms with E-state index in [1.807, 2.05) is 50.3 Å². The second-order valence-electron chi connectivity index (χ2n) is 6.99. The van der Waals surface area contributed by atoms with Gasteiger partial charge in [-0.25, -0.2) is 0 Å². The molecule has 0 amide bonds. The van der Waals surface area contributed by atoms with Gasteiger partial charge in [-0.05, 0) is 45.4 Å². The molecular weight excluding hydrogens is 334 g/mol. The van der Waals surface area contributed by atoms with E-state index in [-0.39, 0.29) is 5.56 Å². The van der Waals surface area contributed by atoms with Crippen LogP contribution in [-0.4, -0.2) is 10.6 Å². The number of halogens is 1. The summed E-state index contributed by atoms with van der Waals surface area (Å²) in [6.45, 7) is 8.16. The number of aromatic nitrogens is 1. The normalized spacial score (nSPS) is 18.4. The highest BCUT2D eigenvalue weighted by Crippen LogP contribution is 2.42. The van der Waals surface area contributed by atoms with E-state index in [4.69, 9.17) is 16.3 Å². The van der Waals surface area contributed by atoms with E-state index in [0.29, 0.717) is 16.5 Å². The van der Waals surface area contributed by atoms with Crippen LogP contribution in [0.25, 0.3) is 17.2 Å².